The number of benzene rings is 2. The predicted molar refractivity (Wildman–Crippen MR) is 119 cm³/mol. The molecule has 1 aliphatic carbocycles. The highest BCUT2D eigenvalue weighted by atomic mass is 16.5. The Kier molecular flexibility index (Phi) is 5.18. The molecule has 6 nitrogen and oxygen atoms in total. The zero-order valence-electron chi connectivity index (χ0n) is 17.9. The van der Waals surface area contributed by atoms with Crippen LogP contribution >= 0.6 is 0 Å². The number of hydrogen-bond donors (Lipinski definition) is 2. The molecular weight excluding hydrogens is 390 g/mol. The summed E-state index contributed by atoms with van der Waals surface area (Å²) in [6.07, 6.45) is 5.09. The summed E-state index contributed by atoms with van der Waals surface area (Å²) in [6.45, 7) is 3.90. The summed E-state index contributed by atoms with van der Waals surface area (Å²) in [6, 6.07) is 15.4. The lowest BCUT2D eigenvalue weighted by Gasteiger charge is -2.33. The van der Waals surface area contributed by atoms with Crippen LogP contribution in [0.15, 0.2) is 48.5 Å². The molecule has 2 fully saturated rings. The van der Waals surface area contributed by atoms with E-state index in [1.165, 1.54) is 12.8 Å². The van der Waals surface area contributed by atoms with E-state index in [1.807, 2.05) is 31.2 Å². The van der Waals surface area contributed by atoms with Crippen molar-refractivity contribution in [2.75, 3.05) is 18.4 Å². The van der Waals surface area contributed by atoms with Gasteiger partial charge in [0.25, 0.3) is 5.91 Å². The fourth-order valence-corrected chi connectivity index (χ4v) is 5.23. The van der Waals surface area contributed by atoms with Crippen molar-refractivity contribution in [2.45, 2.75) is 50.8 Å². The van der Waals surface area contributed by atoms with Crippen LogP contribution < -0.4 is 15.4 Å². The van der Waals surface area contributed by atoms with Crippen molar-refractivity contribution >= 4 is 17.5 Å². The van der Waals surface area contributed by atoms with Gasteiger partial charge in [-0.15, -0.1) is 0 Å². The molecule has 5 rings (SSSR count). The number of nitrogens with zero attached hydrogens (tertiary/aromatic N) is 1. The Morgan fingerprint density at radius 2 is 1.90 bits per heavy atom. The molecule has 0 aromatic heterocycles. The summed E-state index contributed by atoms with van der Waals surface area (Å²) in [4.78, 5) is 28.2. The van der Waals surface area contributed by atoms with E-state index in [-0.39, 0.29) is 17.7 Å². The maximum absolute atomic E-state index is 13.1. The molecule has 2 aromatic carbocycles. The first-order chi connectivity index (χ1) is 15.0. The first-order valence-electron chi connectivity index (χ1n) is 11.2. The Morgan fingerprint density at radius 3 is 2.74 bits per heavy atom. The lowest BCUT2D eigenvalue weighted by Crippen LogP contribution is -2.56. The van der Waals surface area contributed by atoms with E-state index >= 15 is 0 Å². The number of nitrogens with one attached hydrogen (secondary N) is 2. The van der Waals surface area contributed by atoms with Crippen LogP contribution in [-0.2, 0) is 11.3 Å². The average Bonchev–Trinajstić information content (AvgIpc) is 3.35. The first kappa shape index (κ1) is 20.1. The second-order valence-corrected chi connectivity index (χ2v) is 9.30. The molecule has 2 N–H and O–H groups in total. The number of ether oxygens (including phenoxy) is 1. The number of hydrogen-bond acceptors (Lipinski definition) is 4. The molecule has 0 radical (unpaired) electrons. The Bertz CT molecular complexity index is 1000. The molecular formula is C25H29N3O3. The van der Waals surface area contributed by atoms with E-state index in [1.54, 1.807) is 12.1 Å². The Labute approximate surface area is 183 Å². The van der Waals surface area contributed by atoms with Crippen LogP contribution in [0.25, 0.3) is 0 Å². The van der Waals surface area contributed by atoms with Gasteiger partial charge in [0.1, 0.15) is 5.75 Å². The average molecular weight is 420 g/mol. The summed E-state index contributed by atoms with van der Waals surface area (Å²) in [5, 5.41) is 6.13. The van der Waals surface area contributed by atoms with Gasteiger partial charge in [0, 0.05) is 19.6 Å². The van der Waals surface area contributed by atoms with Crippen molar-refractivity contribution in [3.05, 3.63) is 59.7 Å². The number of carbonyl (C=O) groups is 2. The van der Waals surface area contributed by atoms with Gasteiger partial charge in [-0.25, -0.2) is 0 Å². The van der Waals surface area contributed by atoms with Gasteiger partial charge in [0.05, 0.1) is 28.8 Å². The topological polar surface area (TPSA) is 70.7 Å². The van der Waals surface area contributed by atoms with Gasteiger partial charge in [-0.2, -0.15) is 0 Å². The molecule has 2 aromatic rings. The number of rotatable bonds is 4. The van der Waals surface area contributed by atoms with E-state index in [0.717, 1.165) is 24.2 Å². The third-order valence-corrected chi connectivity index (χ3v) is 6.82. The molecule has 2 aliphatic heterocycles. The van der Waals surface area contributed by atoms with Crippen molar-refractivity contribution in [2.24, 2.45) is 5.92 Å². The van der Waals surface area contributed by atoms with Crippen LogP contribution in [0.4, 0.5) is 5.69 Å². The summed E-state index contributed by atoms with van der Waals surface area (Å²) in [5.41, 5.74) is 1.61. The van der Waals surface area contributed by atoms with Crippen molar-refractivity contribution in [1.29, 1.82) is 0 Å². The van der Waals surface area contributed by atoms with E-state index in [2.05, 4.69) is 27.7 Å². The molecule has 31 heavy (non-hydrogen) atoms. The highest BCUT2D eigenvalue weighted by Gasteiger charge is 2.49. The van der Waals surface area contributed by atoms with Gasteiger partial charge < -0.3 is 15.4 Å². The number of fused-ring (bicyclic) bond motifs is 2. The molecule has 0 bridgehead atoms. The molecule has 2 atom stereocenters. The molecule has 162 valence electrons. The molecule has 2 heterocycles. The number of amides is 2. The largest absolute Gasteiger partial charge is 0.490 e. The quantitative estimate of drug-likeness (QED) is 0.795. The molecule has 3 aliphatic rings. The summed E-state index contributed by atoms with van der Waals surface area (Å²) in [7, 11) is 0. The number of anilines is 1. The van der Waals surface area contributed by atoms with Gasteiger partial charge >= 0.3 is 0 Å². The maximum Gasteiger partial charge on any atom is 0.253 e. The minimum Gasteiger partial charge on any atom is -0.490 e. The smallest absolute Gasteiger partial charge is 0.253 e. The highest BCUT2D eigenvalue weighted by Crippen LogP contribution is 2.33. The van der Waals surface area contributed by atoms with E-state index in [9.17, 15) is 9.59 Å². The fourth-order valence-electron chi connectivity index (χ4n) is 5.23. The van der Waals surface area contributed by atoms with Gasteiger partial charge in [-0.1, -0.05) is 24.3 Å². The van der Waals surface area contributed by atoms with Crippen molar-refractivity contribution in [3.63, 3.8) is 0 Å². The lowest BCUT2D eigenvalue weighted by molar-refractivity contribution is -0.121. The van der Waals surface area contributed by atoms with Crippen molar-refractivity contribution in [3.8, 4) is 5.75 Å². The van der Waals surface area contributed by atoms with Crippen LogP contribution in [0.3, 0.4) is 0 Å². The minimum absolute atomic E-state index is 0.0456. The Morgan fingerprint density at radius 1 is 1.10 bits per heavy atom. The van der Waals surface area contributed by atoms with E-state index in [4.69, 9.17) is 4.74 Å². The van der Waals surface area contributed by atoms with E-state index < -0.39 is 5.54 Å². The van der Waals surface area contributed by atoms with E-state index in [0.29, 0.717) is 37.0 Å². The third kappa shape index (κ3) is 4.04. The lowest BCUT2D eigenvalue weighted by atomic mass is 9.86. The molecule has 2 amide bonds. The summed E-state index contributed by atoms with van der Waals surface area (Å²) < 4.78 is 6.16. The standard InChI is InChI=1S/C25H29N3O3/c1-25-16-28(14-17-7-6-10-19(13-17)31-18-8-2-3-9-18)15-21(25)24(30)26-22-12-5-4-11-20(22)23(29)27-25/h4-7,10-13,18,21H,2-3,8-9,14-16H2,1H3,(H,26,30)(H,27,29)/t21-,25-/m0/s1. The molecule has 1 saturated carbocycles. The van der Waals surface area contributed by atoms with Crippen LogP contribution in [0.5, 0.6) is 5.75 Å². The summed E-state index contributed by atoms with van der Waals surface area (Å²) >= 11 is 0. The van der Waals surface area contributed by atoms with Gasteiger partial charge in [-0.05, 0) is 62.4 Å². The molecule has 6 heteroatoms. The van der Waals surface area contributed by atoms with Gasteiger partial charge in [0.15, 0.2) is 0 Å². The van der Waals surface area contributed by atoms with Crippen LogP contribution in [0, 0.1) is 5.92 Å². The maximum atomic E-state index is 13.1. The number of para-hydroxylation sites is 1. The molecule has 0 unspecified atom stereocenters. The first-order valence-corrected chi connectivity index (χ1v) is 11.2. The van der Waals surface area contributed by atoms with Crippen molar-refractivity contribution in [1.82, 2.24) is 10.2 Å². The monoisotopic (exact) mass is 419 g/mol. The summed E-state index contributed by atoms with van der Waals surface area (Å²) in [5.74, 6) is 0.415. The van der Waals surface area contributed by atoms with Crippen LogP contribution in [0.2, 0.25) is 0 Å². The van der Waals surface area contributed by atoms with Crippen LogP contribution in [0.1, 0.15) is 48.5 Å². The second-order valence-electron chi connectivity index (χ2n) is 9.30. The Balaban J connectivity index is 1.32. The SMILES string of the molecule is C[C@]12CN(Cc3cccc(OC4CCCC4)c3)C[C@H]1C(=O)Nc1ccccc1C(=O)N2. The highest BCUT2D eigenvalue weighted by molar-refractivity contribution is 6.06. The normalized spacial score (nSPS) is 26.4. The zero-order chi connectivity index (χ0) is 21.4. The number of likely N-dealkylation sites (tertiary alicyclic amines) is 1. The predicted octanol–water partition coefficient (Wildman–Crippen LogP) is 3.58. The Hall–Kier alpha value is -2.86. The van der Waals surface area contributed by atoms with Crippen molar-refractivity contribution < 1.29 is 14.3 Å². The zero-order valence-corrected chi connectivity index (χ0v) is 17.9. The second kappa shape index (κ2) is 8.00. The molecule has 0 spiro atoms. The minimum atomic E-state index is -0.618. The van der Waals surface area contributed by atoms with Gasteiger partial charge in [-0.3, -0.25) is 14.5 Å². The number of carbonyl (C=O) groups excluding carboxylic acids is 2. The van der Waals surface area contributed by atoms with Crippen LogP contribution in [-0.4, -0.2) is 41.4 Å². The fraction of sp³-hybridized carbons (Fsp3) is 0.440. The molecule has 1 saturated heterocycles. The van der Waals surface area contributed by atoms with Gasteiger partial charge in [0.2, 0.25) is 5.91 Å². The third-order valence-electron chi connectivity index (χ3n) is 6.82.